The summed E-state index contributed by atoms with van der Waals surface area (Å²) in [6, 6.07) is 39.1. The quantitative estimate of drug-likeness (QED) is 0.175. The second-order valence-corrected chi connectivity index (χ2v) is 16.4. The van der Waals surface area contributed by atoms with Gasteiger partial charge >= 0.3 is 0 Å². The first-order chi connectivity index (χ1) is 26.1. The average Bonchev–Trinajstić information content (AvgIpc) is 3.53. The minimum absolute atomic E-state index is 0.0466. The van der Waals surface area contributed by atoms with E-state index in [1.807, 2.05) is 27.7 Å². The number of benzene rings is 6. The summed E-state index contributed by atoms with van der Waals surface area (Å²) in [5, 5.41) is 0. The van der Waals surface area contributed by atoms with Gasteiger partial charge in [-0.05, 0) is 170 Å². The minimum atomic E-state index is -0.127. The van der Waals surface area contributed by atoms with Gasteiger partial charge in [0.15, 0.2) is 0 Å². The van der Waals surface area contributed by atoms with Crippen molar-refractivity contribution in [3.8, 4) is 22.3 Å². The Morgan fingerprint density at radius 1 is 0.327 bits per heavy atom. The Balaban J connectivity index is 0.000000386. The van der Waals surface area contributed by atoms with Crippen LogP contribution in [-0.4, -0.2) is 0 Å². The van der Waals surface area contributed by atoms with Crippen molar-refractivity contribution in [2.24, 2.45) is 0 Å². The first kappa shape index (κ1) is 41.3. The van der Waals surface area contributed by atoms with Gasteiger partial charge in [0.1, 0.15) is 0 Å². The molecule has 286 valence electrons. The maximum atomic E-state index is 2.46. The minimum Gasteiger partial charge on any atom is -0.310 e. The standard InChI is InChI=1S/C41H41N.C9H12.2C2H6/c1-24-10-16-32-34-18-19-35-33-17-15-31(23-37(33)41(8,9)39(35)38(34)40(6,7)36(32)20-24)42(29-13-11-25(2)27(4)21-29)30-14-12-26(3)28(5)22-30;1-7-4-5-8(2)9(3)6-7;2*1-2/h10-23H,1-9H3;4-6H,1-3H3;2*1-2H3. The number of nitrogens with zero attached hydrogens (tertiary/aromatic N) is 1. The molecule has 0 unspecified atom stereocenters. The van der Waals surface area contributed by atoms with Crippen molar-refractivity contribution in [2.45, 2.75) is 122 Å². The van der Waals surface area contributed by atoms with Gasteiger partial charge in [0.2, 0.25) is 0 Å². The molecule has 0 aliphatic heterocycles. The van der Waals surface area contributed by atoms with Gasteiger partial charge in [0, 0.05) is 27.9 Å². The van der Waals surface area contributed by atoms with Crippen LogP contribution in [0.15, 0.2) is 103 Å². The zero-order valence-corrected chi connectivity index (χ0v) is 36.8. The molecule has 6 aromatic rings. The van der Waals surface area contributed by atoms with Crippen molar-refractivity contribution in [1.29, 1.82) is 0 Å². The summed E-state index contributed by atoms with van der Waals surface area (Å²) in [7, 11) is 0. The highest BCUT2D eigenvalue weighted by molar-refractivity contribution is 5.92. The van der Waals surface area contributed by atoms with Crippen molar-refractivity contribution in [2.75, 3.05) is 4.90 Å². The topological polar surface area (TPSA) is 3.24 Å². The normalized spacial score (nSPS) is 13.4. The molecule has 0 bridgehead atoms. The Morgan fingerprint density at radius 2 is 0.655 bits per heavy atom. The molecule has 8 rings (SSSR count). The lowest BCUT2D eigenvalue weighted by atomic mass is 9.72. The van der Waals surface area contributed by atoms with E-state index >= 15 is 0 Å². The van der Waals surface area contributed by atoms with Crippen LogP contribution >= 0.6 is 0 Å². The zero-order valence-electron chi connectivity index (χ0n) is 36.8. The molecule has 2 aliphatic carbocycles. The van der Waals surface area contributed by atoms with Crippen LogP contribution in [0.5, 0.6) is 0 Å². The molecule has 0 fully saturated rings. The van der Waals surface area contributed by atoms with Crippen LogP contribution in [0.2, 0.25) is 0 Å². The van der Waals surface area contributed by atoms with E-state index in [0.29, 0.717) is 0 Å². The SMILES string of the molecule is CC.CC.Cc1ccc(C)c(C)c1.Cc1ccc2c(c1)C(C)(C)c1c-2ccc2c1C(C)(C)c1cc(N(c3ccc(C)c(C)c3)c3ccc(C)c(C)c3)ccc1-2. The number of anilines is 3. The fourth-order valence-corrected chi connectivity index (χ4v) is 8.52. The van der Waals surface area contributed by atoms with Gasteiger partial charge in [-0.25, -0.2) is 0 Å². The van der Waals surface area contributed by atoms with Crippen molar-refractivity contribution < 1.29 is 0 Å². The summed E-state index contributed by atoms with van der Waals surface area (Å²) in [5.74, 6) is 0. The van der Waals surface area contributed by atoms with Gasteiger partial charge in [-0.1, -0.05) is 133 Å². The molecule has 2 aliphatic rings. The van der Waals surface area contributed by atoms with Gasteiger partial charge in [-0.3, -0.25) is 0 Å². The molecule has 1 heteroatoms. The second-order valence-electron chi connectivity index (χ2n) is 16.4. The maximum absolute atomic E-state index is 2.46. The van der Waals surface area contributed by atoms with Crippen molar-refractivity contribution in [1.82, 2.24) is 0 Å². The van der Waals surface area contributed by atoms with Crippen LogP contribution in [0.25, 0.3) is 22.3 Å². The summed E-state index contributed by atoms with van der Waals surface area (Å²) in [6.07, 6.45) is 0. The van der Waals surface area contributed by atoms with Crippen LogP contribution in [-0.2, 0) is 10.8 Å². The fourth-order valence-electron chi connectivity index (χ4n) is 8.52. The third kappa shape index (κ3) is 7.43. The predicted octanol–water partition coefficient (Wildman–Crippen LogP) is 16.0. The molecule has 0 amide bonds. The largest absolute Gasteiger partial charge is 0.310 e. The third-order valence-corrected chi connectivity index (χ3v) is 12.0. The molecule has 0 heterocycles. The number of aryl methyl sites for hydroxylation is 8. The summed E-state index contributed by atoms with van der Waals surface area (Å²) in [4.78, 5) is 2.44. The second kappa shape index (κ2) is 16.1. The van der Waals surface area contributed by atoms with Crippen molar-refractivity contribution in [3.63, 3.8) is 0 Å². The van der Waals surface area contributed by atoms with Crippen LogP contribution in [0.1, 0.15) is 122 Å². The highest BCUT2D eigenvalue weighted by Crippen LogP contribution is 2.59. The summed E-state index contributed by atoms with van der Waals surface area (Å²) < 4.78 is 0. The molecule has 0 saturated carbocycles. The van der Waals surface area contributed by atoms with E-state index in [1.165, 1.54) is 106 Å². The number of rotatable bonds is 3. The lowest BCUT2D eigenvalue weighted by Crippen LogP contribution is -2.24. The van der Waals surface area contributed by atoms with E-state index in [9.17, 15) is 0 Å². The van der Waals surface area contributed by atoms with Gasteiger partial charge in [0.25, 0.3) is 0 Å². The molecule has 55 heavy (non-hydrogen) atoms. The average molecular weight is 728 g/mol. The molecular weight excluding hydrogens is 663 g/mol. The van der Waals surface area contributed by atoms with E-state index in [1.54, 1.807) is 0 Å². The Morgan fingerprint density at radius 3 is 1.09 bits per heavy atom. The van der Waals surface area contributed by atoms with E-state index in [4.69, 9.17) is 0 Å². The molecule has 0 spiro atoms. The molecule has 6 aromatic carbocycles. The van der Waals surface area contributed by atoms with Crippen LogP contribution in [0.4, 0.5) is 17.1 Å². The Labute approximate surface area is 334 Å². The predicted molar refractivity (Wildman–Crippen MR) is 243 cm³/mol. The maximum Gasteiger partial charge on any atom is 0.0465 e. The van der Waals surface area contributed by atoms with Gasteiger partial charge < -0.3 is 4.90 Å². The first-order valence-electron chi connectivity index (χ1n) is 20.5. The highest BCUT2D eigenvalue weighted by atomic mass is 15.1. The zero-order chi connectivity index (χ0) is 40.6. The summed E-state index contributed by atoms with van der Waals surface area (Å²) in [5.41, 5.74) is 25.5. The Kier molecular flexibility index (Phi) is 12.1. The number of hydrogen-bond acceptors (Lipinski definition) is 1. The van der Waals surface area contributed by atoms with E-state index < -0.39 is 0 Å². The summed E-state index contributed by atoms with van der Waals surface area (Å²) >= 11 is 0. The number of hydrogen-bond donors (Lipinski definition) is 0. The van der Waals surface area contributed by atoms with Crippen LogP contribution < -0.4 is 4.90 Å². The van der Waals surface area contributed by atoms with Gasteiger partial charge in [0.05, 0.1) is 0 Å². The van der Waals surface area contributed by atoms with Gasteiger partial charge in [-0.2, -0.15) is 0 Å². The van der Waals surface area contributed by atoms with E-state index in [2.05, 4.69) is 191 Å². The Bertz CT molecular complexity index is 2300. The lowest BCUT2D eigenvalue weighted by Gasteiger charge is -2.31. The first-order valence-corrected chi connectivity index (χ1v) is 20.5. The molecule has 0 aromatic heterocycles. The molecule has 0 atom stereocenters. The monoisotopic (exact) mass is 728 g/mol. The van der Waals surface area contributed by atoms with E-state index in [-0.39, 0.29) is 10.8 Å². The van der Waals surface area contributed by atoms with Crippen LogP contribution in [0, 0.1) is 55.4 Å². The Hall–Kier alpha value is -4.88. The molecule has 0 radical (unpaired) electrons. The molecule has 0 saturated heterocycles. The summed E-state index contributed by atoms with van der Waals surface area (Å²) in [6.45, 7) is 35.1. The fraction of sp³-hybridized carbons (Fsp3) is 0.333. The lowest BCUT2D eigenvalue weighted by molar-refractivity contribution is 0.601. The van der Waals surface area contributed by atoms with Crippen molar-refractivity contribution >= 4 is 17.1 Å². The van der Waals surface area contributed by atoms with Gasteiger partial charge in [-0.15, -0.1) is 0 Å². The third-order valence-electron chi connectivity index (χ3n) is 12.0. The molecular formula is C54H65N. The molecule has 0 N–H and O–H groups in total. The smallest absolute Gasteiger partial charge is 0.0465 e. The highest BCUT2D eigenvalue weighted by Gasteiger charge is 2.45. The number of fused-ring (bicyclic) bond motifs is 7. The molecule has 1 nitrogen and oxygen atoms in total. The van der Waals surface area contributed by atoms with Crippen LogP contribution in [0.3, 0.4) is 0 Å². The van der Waals surface area contributed by atoms with Crippen molar-refractivity contribution in [3.05, 3.63) is 170 Å². The van der Waals surface area contributed by atoms with E-state index in [0.717, 1.165) is 0 Å².